The molecular weight excluding hydrogens is 265 g/mol. The number of halogens is 1. The van der Waals surface area contributed by atoms with E-state index in [1.54, 1.807) is 18.3 Å². The lowest BCUT2D eigenvalue weighted by Crippen LogP contribution is -2.19. The number of pyridine rings is 1. The third-order valence-corrected chi connectivity index (χ3v) is 3.97. The predicted octanol–water partition coefficient (Wildman–Crippen LogP) is 5.51. The Kier molecular flexibility index (Phi) is 9.24. The Balaban J connectivity index is 2.01. The number of unbranched alkanes of at least 4 members (excludes halogenated alkanes) is 9. The zero-order valence-electron chi connectivity index (χ0n) is 13.4. The lowest BCUT2D eigenvalue weighted by molar-refractivity contribution is -0.104. The predicted molar refractivity (Wildman–Crippen MR) is 85.7 cm³/mol. The van der Waals surface area contributed by atoms with Gasteiger partial charge in [-0.05, 0) is 12.5 Å². The molecule has 1 unspecified atom stereocenters. The van der Waals surface area contributed by atoms with Crippen molar-refractivity contribution in [2.75, 3.05) is 0 Å². The Bertz CT molecular complexity index is 353. The maximum atomic E-state index is 14.1. The van der Waals surface area contributed by atoms with Crippen molar-refractivity contribution >= 4 is 0 Å². The van der Waals surface area contributed by atoms with Crippen LogP contribution in [0.2, 0.25) is 0 Å². The van der Waals surface area contributed by atoms with Crippen LogP contribution in [0.25, 0.3) is 0 Å². The molecule has 3 heteroatoms. The van der Waals surface area contributed by atoms with E-state index in [1.807, 2.05) is 0 Å². The van der Waals surface area contributed by atoms with E-state index >= 15 is 0 Å². The van der Waals surface area contributed by atoms with Crippen molar-refractivity contribution in [3.8, 4) is 0 Å². The van der Waals surface area contributed by atoms with Gasteiger partial charge in [-0.25, -0.2) is 4.39 Å². The van der Waals surface area contributed by atoms with Crippen LogP contribution in [0.1, 0.15) is 83.1 Å². The van der Waals surface area contributed by atoms with E-state index in [2.05, 4.69) is 11.9 Å². The molecule has 0 aliphatic carbocycles. The van der Waals surface area contributed by atoms with Gasteiger partial charge in [-0.2, -0.15) is 0 Å². The van der Waals surface area contributed by atoms with Crippen LogP contribution in [0.5, 0.6) is 0 Å². The molecule has 2 nitrogen and oxygen atoms in total. The van der Waals surface area contributed by atoms with Gasteiger partial charge in [-0.1, -0.05) is 70.8 Å². The van der Waals surface area contributed by atoms with Crippen molar-refractivity contribution in [1.29, 1.82) is 0 Å². The summed E-state index contributed by atoms with van der Waals surface area (Å²) in [5, 5.41) is 9.80. The molecule has 1 heterocycles. The molecule has 21 heavy (non-hydrogen) atoms. The minimum absolute atomic E-state index is 0.162. The fourth-order valence-corrected chi connectivity index (χ4v) is 2.58. The number of alkyl halides is 1. The van der Waals surface area contributed by atoms with Crippen LogP contribution in [-0.4, -0.2) is 10.1 Å². The molecule has 0 amide bonds. The standard InChI is InChI=1S/C18H30FNO/c1-2-3-4-5-6-7-8-9-10-11-14-18(19,21)17-13-12-15-20-16-17/h12-13,15-16,21H,2-11,14H2,1H3. The number of nitrogens with zero attached hydrogens (tertiary/aromatic N) is 1. The summed E-state index contributed by atoms with van der Waals surface area (Å²) in [7, 11) is 0. The molecule has 0 aromatic carbocycles. The Labute approximate surface area is 128 Å². The molecule has 1 atom stereocenters. The van der Waals surface area contributed by atoms with E-state index in [0.717, 1.165) is 19.3 Å². The van der Waals surface area contributed by atoms with E-state index in [1.165, 1.54) is 51.1 Å². The van der Waals surface area contributed by atoms with Crippen LogP contribution in [0.15, 0.2) is 24.5 Å². The van der Waals surface area contributed by atoms with E-state index in [0.29, 0.717) is 0 Å². The fraction of sp³-hybridized carbons (Fsp3) is 0.722. The maximum absolute atomic E-state index is 14.1. The van der Waals surface area contributed by atoms with Gasteiger partial charge in [0.15, 0.2) is 0 Å². The Hall–Kier alpha value is -0.960. The fourth-order valence-electron chi connectivity index (χ4n) is 2.58. The summed E-state index contributed by atoms with van der Waals surface area (Å²) in [5.41, 5.74) is 0.265. The third kappa shape index (κ3) is 8.15. The Morgan fingerprint density at radius 1 is 1.00 bits per heavy atom. The highest BCUT2D eigenvalue weighted by Crippen LogP contribution is 2.28. The summed E-state index contributed by atoms with van der Waals surface area (Å²) in [6, 6.07) is 3.24. The van der Waals surface area contributed by atoms with Gasteiger partial charge in [0.1, 0.15) is 0 Å². The van der Waals surface area contributed by atoms with Crippen LogP contribution in [0.4, 0.5) is 4.39 Å². The van der Waals surface area contributed by atoms with E-state index in [9.17, 15) is 9.50 Å². The number of hydrogen-bond acceptors (Lipinski definition) is 2. The van der Waals surface area contributed by atoms with Gasteiger partial charge in [0.2, 0.25) is 5.85 Å². The van der Waals surface area contributed by atoms with Gasteiger partial charge in [0.05, 0.1) is 0 Å². The van der Waals surface area contributed by atoms with Crippen LogP contribution in [0.3, 0.4) is 0 Å². The second kappa shape index (κ2) is 10.7. The van der Waals surface area contributed by atoms with E-state index in [-0.39, 0.29) is 12.0 Å². The molecule has 0 saturated carbocycles. The molecule has 0 aliphatic rings. The molecule has 0 radical (unpaired) electrons. The van der Waals surface area contributed by atoms with Crippen LogP contribution in [0, 0.1) is 0 Å². The Morgan fingerprint density at radius 2 is 1.57 bits per heavy atom. The largest absolute Gasteiger partial charge is 0.358 e. The summed E-state index contributed by atoms with van der Waals surface area (Å²) in [6.45, 7) is 2.23. The molecule has 0 bridgehead atoms. The second-order valence-electron chi connectivity index (χ2n) is 5.93. The maximum Gasteiger partial charge on any atom is 0.234 e. The first-order valence-electron chi connectivity index (χ1n) is 8.48. The Morgan fingerprint density at radius 3 is 2.10 bits per heavy atom. The zero-order chi connectivity index (χ0) is 15.4. The lowest BCUT2D eigenvalue weighted by Gasteiger charge is -2.18. The van der Waals surface area contributed by atoms with Crippen molar-refractivity contribution in [3.05, 3.63) is 30.1 Å². The van der Waals surface area contributed by atoms with E-state index in [4.69, 9.17) is 0 Å². The molecule has 0 saturated heterocycles. The minimum Gasteiger partial charge on any atom is -0.358 e. The van der Waals surface area contributed by atoms with Gasteiger partial charge in [-0.15, -0.1) is 0 Å². The van der Waals surface area contributed by atoms with Gasteiger partial charge in [0, 0.05) is 24.4 Å². The molecule has 1 aromatic rings. The van der Waals surface area contributed by atoms with Gasteiger partial charge >= 0.3 is 0 Å². The quantitative estimate of drug-likeness (QED) is 0.516. The monoisotopic (exact) mass is 295 g/mol. The zero-order valence-corrected chi connectivity index (χ0v) is 13.4. The van der Waals surface area contributed by atoms with Gasteiger partial charge in [0.25, 0.3) is 0 Å². The second-order valence-corrected chi connectivity index (χ2v) is 5.93. The molecule has 0 spiro atoms. The topological polar surface area (TPSA) is 33.1 Å². The normalized spacial score (nSPS) is 14.0. The number of aromatic nitrogens is 1. The van der Waals surface area contributed by atoms with Crippen LogP contribution >= 0.6 is 0 Å². The molecular formula is C18H30FNO. The summed E-state index contributed by atoms with van der Waals surface area (Å²) in [5.74, 6) is -2.23. The highest BCUT2D eigenvalue weighted by Gasteiger charge is 2.27. The highest BCUT2D eigenvalue weighted by atomic mass is 19.2. The van der Waals surface area contributed by atoms with Crippen LogP contribution in [-0.2, 0) is 5.85 Å². The molecule has 1 rings (SSSR count). The number of rotatable bonds is 12. The van der Waals surface area contributed by atoms with Gasteiger partial charge in [-0.3, -0.25) is 4.98 Å². The number of hydrogen-bond donors (Lipinski definition) is 1. The average Bonchev–Trinajstić information content (AvgIpc) is 2.50. The molecule has 1 aromatic heterocycles. The summed E-state index contributed by atoms with van der Waals surface area (Å²) >= 11 is 0. The third-order valence-electron chi connectivity index (χ3n) is 3.97. The van der Waals surface area contributed by atoms with Crippen molar-refractivity contribution in [2.45, 2.75) is 83.4 Å². The van der Waals surface area contributed by atoms with Crippen molar-refractivity contribution in [2.24, 2.45) is 0 Å². The van der Waals surface area contributed by atoms with Crippen molar-refractivity contribution in [3.63, 3.8) is 0 Å². The summed E-state index contributed by atoms with van der Waals surface area (Å²) in [4.78, 5) is 3.85. The van der Waals surface area contributed by atoms with Crippen molar-refractivity contribution < 1.29 is 9.50 Å². The molecule has 120 valence electrons. The summed E-state index contributed by atoms with van der Waals surface area (Å²) < 4.78 is 14.1. The summed E-state index contributed by atoms with van der Waals surface area (Å²) in [6.07, 6.45) is 15.2. The average molecular weight is 295 g/mol. The van der Waals surface area contributed by atoms with E-state index < -0.39 is 5.85 Å². The first-order valence-corrected chi connectivity index (χ1v) is 8.48. The first-order chi connectivity index (χ1) is 10.2. The molecule has 1 N–H and O–H groups in total. The van der Waals surface area contributed by atoms with Crippen molar-refractivity contribution in [1.82, 2.24) is 4.98 Å². The lowest BCUT2D eigenvalue weighted by atomic mass is 10.0. The molecule has 0 aliphatic heterocycles. The van der Waals surface area contributed by atoms with Gasteiger partial charge < -0.3 is 5.11 Å². The molecule has 0 fully saturated rings. The minimum atomic E-state index is -2.23. The SMILES string of the molecule is CCCCCCCCCCCCC(O)(F)c1cccnc1. The first kappa shape index (κ1) is 18.1. The van der Waals surface area contributed by atoms with Crippen LogP contribution < -0.4 is 0 Å². The number of aliphatic hydroxyl groups is 1. The smallest absolute Gasteiger partial charge is 0.234 e. The highest BCUT2D eigenvalue weighted by molar-refractivity contribution is 5.14.